The Morgan fingerprint density at radius 1 is 1.39 bits per heavy atom. The normalized spacial score (nSPS) is 22.2. The van der Waals surface area contributed by atoms with Gasteiger partial charge in [-0.15, -0.1) is 0 Å². The third-order valence-electron chi connectivity index (χ3n) is 4.06. The van der Waals surface area contributed by atoms with E-state index in [9.17, 15) is 0 Å². The average molecular weight is 243 g/mol. The van der Waals surface area contributed by atoms with E-state index in [-0.39, 0.29) is 5.41 Å². The maximum absolute atomic E-state index is 8.99. The number of hydrogen-bond acceptors (Lipinski definition) is 3. The van der Waals surface area contributed by atoms with Crippen molar-refractivity contribution in [2.24, 2.45) is 5.41 Å². The summed E-state index contributed by atoms with van der Waals surface area (Å²) >= 11 is 0. The molecule has 1 aromatic carbocycles. The minimum absolute atomic E-state index is 0.285. The number of para-hydroxylation sites is 1. The van der Waals surface area contributed by atoms with Gasteiger partial charge in [0.05, 0.1) is 16.9 Å². The summed E-state index contributed by atoms with van der Waals surface area (Å²) in [5, 5.41) is 12.5. The van der Waals surface area contributed by atoms with Crippen LogP contribution in [0.4, 0.5) is 11.4 Å². The zero-order valence-electron chi connectivity index (χ0n) is 11.2. The molecular formula is C15H21N3. The molecule has 3 nitrogen and oxygen atoms in total. The van der Waals surface area contributed by atoms with Crippen molar-refractivity contribution in [3.63, 3.8) is 0 Å². The van der Waals surface area contributed by atoms with E-state index in [0.717, 1.165) is 5.69 Å². The molecule has 0 bridgehead atoms. The van der Waals surface area contributed by atoms with Crippen LogP contribution in [-0.4, -0.2) is 6.04 Å². The Hall–Kier alpha value is -1.69. The Morgan fingerprint density at radius 3 is 2.83 bits per heavy atom. The van der Waals surface area contributed by atoms with Crippen molar-refractivity contribution in [3.8, 4) is 6.07 Å². The first-order chi connectivity index (χ1) is 8.54. The van der Waals surface area contributed by atoms with Gasteiger partial charge in [0.2, 0.25) is 0 Å². The largest absolute Gasteiger partial charge is 0.396 e. The Bertz CT molecular complexity index is 471. The molecular weight excluding hydrogens is 222 g/mol. The molecule has 3 N–H and O–H groups in total. The summed E-state index contributed by atoms with van der Waals surface area (Å²) in [6.45, 7) is 4.60. The maximum Gasteiger partial charge on any atom is 0.101 e. The van der Waals surface area contributed by atoms with Crippen LogP contribution in [0.5, 0.6) is 0 Å². The standard InChI is InChI=1S/C15H21N3/c1-15(2)9-4-3-8-13(15)18-12-7-5-6-11(10-16)14(12)17/h5-7,13,18H,3-4,8-9,17H2,1-2H3. The van der Waals surface area contributed by atoms with Gasteiger partial charge in [0.1, 0.15) is 6.07 Å². The molecule has 3 heteroatoms. The van der Waals surface area contributed by atoms with E-state index in [1.54, 1.807) is 6.07 Å². The smallest absolute Gasteiger partial charge is 0.101 e. The molecule has 1 aliphatic rings. The van der Waals surface area contributed by atoms with Gasteiger partial charge in [-0.05, 0) is 30.4 Å². The third-order valence-corrected chi connectivity index (χ3v) is 4.06. The van der Waals surface area contributed by atoms with Crippen molar-refractivity contribution in [1.29, 1.82) is 5.26 Å². The Balaban J connectivity index is 2.21. The van der Waals surface area contributed by atoms with Crippen molar-refractivity contribution < 1.29 is 0 Å². The van der Waals surface area contributed by atoms with Gasteiger partial charge in [0.25, 0.3) is 0 Å². The van der Waals surface area contributed by atoms with E-state index in [2.05, 4.69) is 25.2 Å². The number of rotatable bonds is 2. The lowest BCUT2D eigenvalue weighted by Gasteiger charge is -2.39. The summed E-state index contributed by atoms with van der Waals surface area (Å²) in [4.78, 5) is 0. The molecule has 0 saturated heterocycles. The maximum atomic E-state index is 8.99. The molecule has 96 valence electrons. The summed E-state index contributed by atoms with van der Waals surface area (Å²) in [6, 6.07) is 8.16. The first-order valence-electron chi connectivity index (χ1n) is 6.60. The second-order valence-electron chi connectivity index (χ2n) is 5.81. The molecule has 0 aromatic heterocycles. The first kappa shape index (κ1) is 12.8. The van der Waals surface area contributed by atoms with Crippen molar-refractivity contribution in [2.75, 3.05) is 11.1 Å². The van der Waals surface area contributed by atoms with Crippen molar-refractivity contribution >= 4 is 11.4 Å². The van der Waals surface area contributed by atoms with Gasteiger partial charge in [0.15, 0.2) is 0 Å². The fourth-order valence-electron chi connectivity index (χ4n) is 2.74. The minimum Gasteiger partial charge on any atom is -0.396 e. The second-order valence-corrected chi connectivity index (χ2v) is 5.81. The zero-order valence-corrected chi connectivity index (χ0v) is 11.2. The molecule has 1 unspecified atom stereocenters. The van der Waals surface area contributed by atoms with Gasteiger partial charge in [-0.25, -0.2) is 0 Å². The van der Waals surface area contributed by atoms with E-state index in [1.807, 2.05) is 12.1 Å². The number of nitrogens with two attached hydrogens (primary N) is 1. The number of benzene rings is 1. The molecule has 0 aliphatic heterocycles. The van der Waals surface area contributed by atoms with Crippen LogP contribution in [0.15, 0.2) is 18.2 Å². The lowest BCUT2D eigenvalue weighted by atomic mass is 9.73. The number of nitriles is 1. The van der Waals surface area contributed by atoms with Crippen LogP contribution in [0.1, 0.15) is 45.1 Å². The number of nitrogens with zero attached hydrogens (tertiary/aromatic N) is 1. The molecule has 0 spiro atoms. The molecule has 0 radical (unpaired) electrons. The van der Waals surface area contributed by atoms with Crippen molar-refractivity contribution in [1.82, 2.24) is 0 Å². The van der Waals surface area contributed by atoms with E-state index in [1.165, 1.54) is 25.7 Å². The van der Waals surface area contributed by atoms with Crippen LogP contribution in [0.25, 0.3) is 0 Å². The SMILES string of the molecule is CC1(C)CCCCC1Nc1cccc(C#N)c1N. The van der Waals surface area contributed by atoms with E-state index >= 15 is 0 Å². The highest BCUT2D eigenvalue weighted by atomic mass is 15.0. The van der Waals surface area contributed by atoms with Crippen LogP contribution < -0.4 is 11.1 Å². The highest BCUT2D eigenvalue weighted by Crippen LogP contribution is 2.38. The summed E-state index contributed by atoms with van der Waals surface area (Å²) in [7, 11) is 0. The summed E-state index contributed by atoms with van der Waals surface area (Å²) in [5.74, 6) is 0. The lowest BCUT2D eigenvalue weighted by molar-refractivity contribution is 0.217. The predicted molar refractivity (Wildman–Crippen MR) is 75.2 cm³/mol. The molecule has 0 heterocycles. The highest BCUT2D eigenvalue weighted by Gasteiger charge is 2.32. The van der Waals surface area contributed by atoms with Crippen LogP contribution >= 0.6 is 0 Å². The Morgan fingerprint density at radius 2 is 2.17 bits per heavy atom. The van der Waals surface area contributed by atoms with Crippen LogP contribution in [0.3, 0.4) is 0 Å². The first-order valence-corrected chi connectivity index (χ1v) is 6.60. The number of nitrogen functional groups attached to an aromatic ring is 1. The van der Waals surface area contributed by atoms with Crippen LogP contribution in [0, 0.1) is 16.7 Å². The van der Waals surface area contributed by atoms with Gasteiger partial charge in [-0.3, -0.25) is 0 Å². The molecule has 2 rings (SSSR count). The van der Waals surface area contributed by atoms with Crippen LogP contribution in [0.2, 0.25) is 0 Å². The van der Waals surface area contributed by atoms with Crippen molar-refractivity contribution in [3.05, 3.63) is 23.8 Å². The fraction of sp³-hybridized carbons (Fsp3) is 0.533. The van der Waals surface area contributed by atoms with Crippen molar-refractivity contribution in [2.45, 2.75) is 45.6 Å². The summed E-state index contributed by atoms with van der Waals surface area (Å²) < 4.78 is 0. The van der Waals surface area contributed by atoms with E-state index < -0.39 is 0 Å². The molecule has 0 amide bonds. The Kier molecular flexibility index (Phi) is 3.47. The number of hydrogen-bond donors (Lipinski definition) is 2. The number of anilines is 2. The Labute approximate surface area is 109 Å². The number of nitrogens with one attached hydrogen (secondary N) is 1. The fourth-order valence-corrected chi connectivity index (χ4v) is 2.74. The van der Waals surface area contributed by atoms with Gasteiger partial charge < -0.3 is 11.1 Å². The highest BCUT2D eigenvalue weighted by molar-refractivity contribution is 5.73. The topological polar surface area (TPSA) is 61.8 Å². The minimum atomic E-state index is 0.285. The van der Waals surface area contributed by atoms with Gasteiger partial charge in [-0.2, -0.15) is 5.26 Å². The second kappa shape index (κ2) is 4.89. The molecule has 1 saturated carbocycles. The average Bonchev–Trinajstić information content (AvgIpc) is 2.34. The molecule has 1 aliphatic carbocycles. The quantitative estimate of drug-likeness (QED) is 0.781. The molecule has 18 heavy (non-hydrogen) atoms. The summed E-state index contributed by atoms with van der Waals surface area (Å²) in [6.07, 6.45) is 4.98. The lowest BCUT2D eigenvalue weighted by Crippen LogP contribution is -2.39. The van der Waals surface area contributed by atoms with E-state index in [4.69, 9.17) is 11.0 Å². The van der Waals surface area contributed by atoms with Gasteiger partial charge >= 0.3 is 0 Å². The molecule has 1 aromatic rings. The predicted octanol–water partition coefficient (Wildman–Crippen LogP) is 3.52. The monoisotopic (exact) mass is 243 g/mol. The third kappa shape index (κ3) is 2.43. The summed E-state index contributed by atoms with van der Waals surface area (Å²) in [5.41, 5.74) is 8.32. The van der Waals surface area contributed by atoms with E-state index in [0.29, 0.717) is 17.3 Å². The molecule has 1 fully saturated rings. The van der Waals surface area contributed by atoms with Gasteiger partial charge in [-0.1, -0.05) is 32.8 Å². The molecule has 1 atom stereocenters. The van der Waals surface area contributed by atoms with Crippen LogP contribution in [-0.2, 0) is 0 Å². The van der Waals surface area contributed by atoms with Gasteiger partial charge in [0, 0.05) is 6.04 Å². The zero-order chi connectivity index (χ0) is 13.2.